The van der Waals surface area contributed by atoms with E-state index in [2.05, 4.69) is 21.2 Å². The summed E-state index contributed by atoms with van der Waals surface area (Å²) in [6.45, 7) is 6.09. The van der Waals surface area contributed by atoms with Gasteiger partial charge in [0.25, 0.3) is 5.91 Å². The molecule has 0 spiro atoms. The number of nitrogens with one attached hydrogen (secondary N) is 1. The first kappa shape index (κ1) is 16.7. The van der Waals surface area contributed by atoms with Gasteiger partial charge in [0, 0.05) is 16.6 Å². The predicted molar refractivity (Wildman–Crippen MR) is 81.7 cm³/mol. The van der Waals surface area contributed by atoms with Crippen LogP contribution in [0.4, 0.5) is 0 Å². The number of hydrogen-bond donors (Lipinski definition) is 2. The largest absolute Gasteiger partial charge is 0.481 e. The highest BCUT2D eigenvalue weighted by Crippen LogP contribution is 2.24. The van der Waals surface area contributed by atoms with Crippen LogP contribution in [0, 0.1) is 11.3 Å². The third-order valence-electron chi connectivity index (χ3n) is 2.80. The number of carboxylic acids is 1. The van der Waals surface area contributed by atoms with Gasteiger partial charge < -0.3 is 10.4 Å². The van der Waals surface area contributed by atoms with Crippen molar-refractivity contribution in [3.63, 3.8) is 0 Å². The zero-order valence-corrected chi connectivity index (χ0v) is 13.5. The van der Waals surface area contributed by atoms with Gasteiger partial charge in [-0.15, -0.1) is 0 Å². The number of carbonyl (C=O) groups excluding carboxylic acids is 1. The maximum Gasteiger partial charge on any atom is 0.308 e. The summed E-state index contributed by atoms with van der Waals surface area (Å²) < 4.78 is 0.814. The highest BCUT2D eigenvalue weighted by Gasteiger charge is 2.25. The average Bonchev–Trinajstić information content (AvgIpc) is 2.32. The van der Waals surface area contributed by atoms with Crippen LogP contribution in [0.5, 0.6) is 0 Å². The fraction of sp³-hybridized carbons (Fsp3) is 0.467. The third-order valence-corrected chi connectivity index (χ3v) is 3.30. The summed E-state index contributed by atoms with van der Waals surface area (Å²) in [5.41, 5.74) is 0.420. The highest BCUT2D eigenvalue weighted by molar-refractivity contribution is 9.10. The van der Waals surface area contributed by atoms with Gasteiger partial charge in [-0.3, -0.25) is 9.59 Å². The number of aliphatic carboxylic acids is 1. The third kappa shape index (κ3) is 5.74. The molecule has 1 amide bonds. The lowest BCUT2D eigenvalue weighted by Crippen LogP contribution is -2.35. The molecule has 0 aliphatic carbocycles. The molecule has 4 nitrogen and oxygen atoms in total. The van der Waals surface area contributed by atoms with Crippen molar-refractivity contribution in [3.05, 3.63) is 34.3 Å². The van der Waals surface area contributed by atoms with Crippen molar-refractivity contribution in [2.24, 2.45) is 11.3 Å². The molecule has 110 valence electrons. The zero-order chi connectivity index (χ0) is 15.3. The van der Waals surface area contributed by atoms with Crippen molar-refractivity contribution < 1.29 is 14.7 Å². The van der Waals surface area contributed by atoms with Gasteiger partial charge in [-0.25, -0.2) is 0 Å². The van der Waals surface area contributed by atoms with E-state index in [0.29, 0.717) is 12.0 Å². The zero-order valence-electron chi connectivity index (χ0n) is 11.9. The number of hydrogen-bond acceptors (Lipinski definition) is 2. The molecule has 5 heteroatoms. The Kier molecular flexibility index (Phi) is 5.74. The minimum atomic E-state index is -0.880. The second kappa shape index (κ2) is 6.88. The fourth-order valence-corrected chi connectivity index (χ4v) is 2.33. The van der Waals surface area contributed by atoms with Crippen molar-refractivity contribution in [1.29, 1.82) is 0 Å². The van der Waals surface area contributed by atoms with E-state index in [1.165, 1.54) is 0 Å². The lowest BCUT2D eigenvalue weighted by Gasteiger charge is -2.23. The Balaban J connectivity index is 2.64. The summed E-state index contributed by atoms with van der Waals surface area (Å²) in [5.74, 6) is -1.72. The molecular formula is C15H20BrNO3. The van der Waals surface area contributed by atoms with E-state index in [9.17, 15) is 14.7 Å². The number of amides is 1. The lowest BCUT2D eigenvalue weighted by molar-refractivity contribution is -0.142. The molecule has 0 aromatic heterocycles. The van der Waals surface area contributed by atoms with Crippen LogP contribution >= 0.6 is 15.9 Å². The molecule has 0 bridgehead atoms. The van der Waals surface area contributed by atoms with Gasteiger partial charge in [0.05, 0.1) is 5.92 Å². The number of rotatable bonds is 5. The Morgan fingerprint density at radius 2 is 2.00 bits per heavy atom. The molecule has 0 saturated heterocycles. The molecule has 0 heterocycles. The van der Waals surface area contributed by atoms with E-state index in [0.717, 1.165) is 4.47 Å². The van der Waals surface area contributed by atoms with Crippen LogP contribution in [0.25, 0.3) is 0 Å². The van der Waals surface area contributed by atoms with Crippen LogP contribution < -0.4 is 5.32 Å². The predicted octanol–water partition coefficient (Wildman–Crippen LogP) is 3.32. The van der Waals surface area contributed by atoms with E-state index in [4.69, 9.17) is 0 Å². The van der Waals surface area contributed by atoms with Crippen molar-refractivity contribution in [2.75, 3.05) is 6.54 Å². The fourth-order valence-electron chi connectivity index (χ4n) is 1.93. The molecule has 0 aliphatic heterocycles. The Labute approximate surface area is 127 Å². The molecule has 20 heavy (non-hydrogen) atoms. The first-order chi connectivity index (χ1) is 9.19. The van der Waals surface area contributed by atoms with Crippen LogP contribution in [0.2, 0.25) is 0 Å². The summed E-state index contributed by atoms with van der Waals surface area (Å²) in [6.07, 6.45) is 0.515. The number of benzene rings is 1. The minimum absolute atomic E-state index is 0.0937. The summed E-state index contributed by atoms with van der Waals surface area (Å²) in [4.78, 5) is 23.2. The van der Waals surface area contributed by atoms with Crippen LogP contribution in [0.1, 0.15) is 37.6 Å². The molecular weight excluding hydrogens is 322 g/mol. The molecule has 1 rings (SSSR count). The van der Waals surface area contributed by atoms with Crippen LogP contribution in [0.3, 0.4) is 0 Å². The SMILES string of the molecule is CC(C)(C)CC(CNC(=O)c1cccc(Br)c1)C(=O)O. The number of carbonyl (C=O) groups is 2. The minimum Gasteiger partial charge on any atom is -0.481 e. The summed E-state index contributed by atoms with van der Waals surface area (Å²) in [7, 11) is 0. The molecule has 2 N–H and O–H groups in total. The molecule has 1 atom stereocenters. The maximum absolute atomic E-state index is 12.0. The molecule has 0 fully saturated rings. The normalized spacial score (nSPS) is 12.8. The standard InChI is InChI=1S/C15H20BrNO3/c1-15(2,3)8-11(14(19)20)9-17-13(18)10-5-4-6-12(16)7-10/h4-7,11H,8-9H2,1-3H3,(H,17,18)(H,19,20). The van der Waals surface area contributed by atoms with Crippen LogP contribution in [-0.2, 0) is 4.79 Å². The topological polar surface area (TPSA) is 66.4 Å². The average molecular weight is 342 g/mol. The smallest absolute Gasteiger partial charge is 0.308 e. The molecule has 0 radical (unpaired) electrons. The van der Waals surface area contributed by atoms with Gasteiger partial charge >= 0.3 is 5.97 Å². The summed E-state index contributed by atoms with van der Waals surface area (Å²) in [6, 6.07) is 6.99. The van der Waals surface area contributed by atoms with E-state index < -0.39 is 11.9 Å². The second-order valence-corrected chi connectivity index (χ2v) is 6.94. The summed E-state index contributed by atoms with van der Waals surface area (Å²) >= 11 is 3.30. The van der Waals surface area contributed by atoms with Crippen molar-refractivity contribution in [3.8, 4) is 0 Å². The first-order valence-electron chi connectivity index (χ1n) is 6.45. The quantitative estimate of drug-likeness (QED) is 0.863. The Morgan fingerprint density at radius 3 is 2.50 bits per heavy atom. The van der Waals surface area contributed by atoms with E-state index >= 15 is 0 Å². The summed E-state index contributed by atoms with van der Waals surface area (Å²) in [5, 5.41) is 11.9. The molecule has 1 aromatic rings. The van der Waals surface area contributed by atoms with Crippen LogP contribution in [-0.4, -0.2) is 23.5 Å². The van der Waals surface area contributed by atoms with Gasteiger partial charge in [-0.05, 0) is 30.0 Å². The van der Waals surface area contributed by atoms with Gasteiger partial charge in [-0.2, -0.15) is 0 Å². The van der Waals surface area contributed by atoms with Crippen molar-refractivity contribution >= 4 is 27.8 Å². The van der Waals surface area contributed by atoms with Gasteiger partial charge in [0.1, 0.15) is 0 Å². The van der Waals surface area contributed by atoms with Gasteiger partial charge in [-0.1, -0.05) is 42.8 Å². The second-order valence-electron chi connectivity index (χ2n) is 6.02. The Morgan fingerprint density at radius 1 is 1.35 bits per heavy atom. The van der Waals surface area contributed by atoms with E-state index in [1.54, 1.807) is 18.2 Å². The van der Waals surface area contributed by atoms with Gasteiger partial charge in [0.15, 0.2) is 0 Å². The number of carboxylic acid groups (broad SMARTS) is 1. The number of halogens is 1. The van der Waals surface area contributed by atoms with Crippen molar-refractivity contribution in [2.45, 2.75) is 27.2 Å². The monoisotopic (exact) mass is 341 g/mol. The molecule has 1 aromatic carbocycles. The molecule has 0 aliphatic rings. The Bertz CT molecular complexity index is 494. The molecule has 0 saturated carbocycles. The van der Waals surface area contributed by atoms with E-state index in [1.807, 2.05) is 26.8 Å². The molecule has 1 unspecified atom stereocenters. The van der Waals surface area contributed by atoms with Crippen molar-refractivity contribution in [1.82, 2.24) is 5.32 Å². The first-order valence-corrected chi connectivity index (χ1v) is 7.25. The van der Waals surface area contributed by atoms with E-state index in [-0.39, 0.29) is 17.9 Å². The lowest BCUT2D eigenvalue weighted by atomic mass is 9.84. The Hall–Kier alpha value is -1.36. The maximum atomic E-state index is 12.0. The van der Waals surface area contributed by atoms with Gasteiger partial charge in [0.2, 0.25) is 0 Å². The van der Waals surface area contributed by atoms with Crippen LogP contribution in [0.15, 0.2) is 28.7 Å². The highest BCUT2D eigenvalue weighted by atomic mass is 79.9.